The second kappa shape index (κ2) is 8.94. The summed E-state index contributed by atoms with van der Waals surface area (Å²) in [6.07, 6.45) is 0. The van der Waals surface area contributed by atoms with Gasteiger partial charge in [-0.15, -0.1) is 0 Å². The number of ether oxygens (including phenoxy) is 2. The maximum atomic E-state index is 13.7. The van der Waals surface area contributed by atoms with Gasteiger partial charge in [0.1, 0.15) is 29.1 Å². The predicted molar refractivity (Wildman–Crippen MR) is 99.0 cm³/mol. The van der Waals surface area contributed by atoms with Gasteiger partial charge in [0.25, 0.3) is 0 Å². The first-order valence-corrected chi connectivity index (χ1v) is 9.75. The van der Waals surface area contributed by atoms with Crippen molar-refractivity contribution >= 4 is 21.8 Å². The zero-order valence-corrected chi connectivity index (χ0v) is 16.4. The maximum absolute atomic E-state index is 13.7. The van der Waals surface area contributed by atoms with E-state index >= 15 is 0 Å². The van der Waals surface area contributed by atoms with Gasteiger partial charge in [-0.05, 0) is 44.2 Å². The van der Waals surface area contributed by atoms with Gasteiger partial charge in [0.15, 0.2) is 5.78 Å². The van der Waals surface area contributed by atoms with Crippen LogP contribution in [-0.4, -0.2) is 33.3 Å². The van der Waals surface area contributed by atoms with Crippen LogP contribution < -0.4 is 9.46 Å². The number of Topliss-reactive ketones (excluding diaryl/α,β-unsaturated/α-hetero) is 1. The molecule has 0 bridgehead atoms. The Kier molecular flexibility index (Phi) is 6.87. The van der Waals surface area contributed by atoms with Crippen LogP contribution in [0.1, 0.15) is 29.8 Å². The minimum absolute atomic E-state index is 0.166. The van der Waals surface area contributed by atoms with Crippen molar-refractivity contribution in [3.05, 3.63) is 59.4 Å². The van der Waals surface area contributed by atoms with Gasteiger partial charge in [-0.2, -0.15) is 4.72 Å². The SMILES string of the molecule is COc1ccc(C(C)=O)cc1COC(=O)[C@H](C)NS(=O)(=O)c1ccccc1F. The fraction of sp³-hybridized carbons (Fsp3) is 0.263. The second-order valence-electron chi connectivity index (χ2n) is 5.96. The number of nitrogens with one attached hydrogen (secondary N) is 1. The highest BCUT2D eigenvalue weighted by molar-refractivity contribution is 7.89. The average Bonchev–Trinajstić information content (AvgIpc) is 2.65. The van der Waals surface area contributed by atoms with Crippen LogP contribution in [0.5, 0.6) is 5.75 Å². The summed E-state index contributed by atoms with van der Waals surface area (Å²) in [5.41, 5.74) is 0.868. The molecular weight excluding hydrogens is 389 g/mol. The smallest absolute Gasteiger partial charge is 0.324 e. The Bertz CT molecular complexity index is 990. The van der Waals surface area contributed by atoms with Crippen LogP contribution >= 0.6 is 0 Å². The van der Waals surface area contributed by atoms with E-state index in [4.69, 9.17) is 9.47 Å². The fourth-order valence-electron chi connectivity index (χ4n) is 2.39. The summed E-state index contributed by atoms with van der Waals surface area (Å²) in [6.45, 7) is 2.45. The summed E-state index contributed by atoms with van der Waals surface area (Å²) in [7, 11) is -2.81. The van der Waals surface area contributed by atoms with E-state index in [1.807, 2.05) is 0 Å². The summed E-state index contributed by atoms with van der Waals surface area (Å²) in [5, 5.41) is 0. The predicted octanol–water partition coefficient (Wildman–Crippen LogP) is 2.45. The molecule has 0 spiro atoms. The molecule has 1 atom stereocenters. The lowest BCUT2D eigenvalue weighted by atomic mass is 10.1. The summed E-state index contributed by atoms with van der Waals surface area (Å²) in [4.78, 5) is 23.1. The Labute approximate surface area is 162 Å². The van der Waals surface area contributed by atoms with Crippen molar-refractivity contribution in [3.8, 4) is 5.75 Å². The van der Waals surface area contributed by atoms with Crippen LogP contribution in [0, 0.1) is 5.82 Å². The number of hydrogen-bond acceptors (Lipinski definition) is 6. The van der Waals surface area contributed by atoms with Crippen molar-refractivity contribution in [3.63, 3.8) is 0 Å². The first kappa shape index (κ1) is 21.5. The van der Waals surface area contributed by atoms with Crippen LogP contribution in [-0.2, 0) is 26.2 Å². The van der Waals surface area contributed by atoms with Crippen molar-refractivity contribution in [2.75, 3.05) is 7.11 Å². The fourth-order valence-corrected chi connectivity index (χ4v) is 3.66. The molecule has 0 aliphatic heterocycles. The molecule has 0 radical (unpaired) electrons. The molecular formula is C19H20FNO6S. The largest absolute Gasteiger partial charge is 0.496 e. The van der Waals surface area contributed by atoms with Gasteiger partial charge in [-0.25, -0.2) is 12.8 Å². The van der Waals surface area contributed by atoms with Crippen LogP contribution in [0.15, 0.2) is 47.4 Å². The lowest BCUT2D eigenvalue weighted by Crippen LogP contribution is -2.39. The molecule has 28 heavy (non-hydrogen) atoms. The Hall–Kier alpha value is -2.78. The van der Waals surface area contributed by atoms with E-state index in [-0.39, 0.29) is 12.4 Å². The average molecular weight is 409 g/mol. The highest BCUT2D eigenvalue weighted by atomic mass is 32.2. The molecule has 2 rings (SSSR count). The molecule has 0 saturated carbocycles. The molecule has 7 nitrogen and oxygen atoms in total. The first-order valence-electron chi connectivity index (χ1n) is 8.27. The van der Waals surface area contributed by atoms with Crippen molar-refractivity contribution < 1.29 is 31.9 Å². The number of carbonyl (C=O) groups is 2. The highest BCUT2D eigenvalue weighted by Gasteiger charge is 2.25. The van der Waals surface area contributed by atoms with Gasteiger partial charge in [0.05, 0.1) is 7.11 Å². The summed E-state index contributed by atoms with van der Waals surface area (Å²) < 4.78 is 50.6. The van der Waals surface area contributed by atoms with Crippen LogP contribution in [0.2, 0.25) is 0 Å². The van der Waals surface area contributed by atoms with Crippen LogP contribution in [0.25, 0.3) is 0 Å². The second-order valence-corrected chi connectivity index (χ2v) is 7.65. The molecule has 0 heterocycles. The minimum Gasteiger partial charge on any atom is -0.496 e. The third-order valence-corrected chi connectivity index (χ3v) is 5.44. The van der Waals surface area contributed by atoms with Gasteiger partial charge in [0.2, 0.25) is 10.0 Å². The third-order valence-electron chi connectivity index (χ3n) is 3.87. The van der Waals surface area contributed by atoms with E-state index in [9.17, 15) is 22.4 Å². The van der Waals surface area contributed by atoms with E-state index in [1.54, 1.807) is 12.1 Å². The van der Waals surface area contributed by atoms with Crippen molar-refractivity contribution in [2.24, 2.45) is 0 Å². The van der Waals surface area contributed by atoms with Crippen LogP contribution in [0.3, 0.4) is 0 Å². The molecule has 2 aromatic carbocycles. The molecule has 0 aromatic heterocycles. The monoisotopic (exact) mass is 409 g/mol. The van der Waals surface area contributed by atoms with Gasteiger partial charge < -0.3 is 9.47 Å². The molecule has 1 N–H and O–H groups in total. The summed E-state index contributed by atoms with van der Waals surface area (Å²) in [6, 6.07) is 8.25. The number of carbonyl (C=O) groups excluding carboxylic acids is 2. The number of sulfonamides is 1. The Morgan fingerprint density at radius 3 is 2.46 bits per heavy atom. The molecule has 9 heteroatoms. The Morgan fingerprint density at radius 2 is 1.86 bits per heavy atom. The first-order chi connectivity index (χ1) is 13.2. The van der Waals surface area contributed by atoms with Crippen LogP contribution in [0.4, 0.5) is 4.39 Å². The number of rotatable bonds is 8. The molecule has 0 fully saturated rings. The number of hydrogen-bond donors (Lipinski definition) is 1. The van der Waals surface area contributed by atoms with Gasteiger partial charge in [-0.3, -0.25) is 9.59 Å². The number of ketones is 1. The lowest BCUT2D eigenvalue weighted by Gasteiger charge is -2.15. The molecule has 2 aromatic rings. The maximum Gasteiger partial charge on any atom is 0.324 e. The van der Waals surface area contributed by atoms with E-state index < -0.39 is 32.7 Å². The topological polar surface area (TPSA) is 98.8 Å². The molecule has 0 unspecified atom stereocenters. The van der Waals surface area contributed by atoms with Crippen molar-refractivity contribution in [1.29, 1.82) is 0 Å². The van der Waals surface area contributed by atoms with Gasteiger partial charge >= 0.3 is 5.97 Å². The van der Waals surface area contributed by atoms with Crippen molar-refractivity contribution in [1.82, 2.24) is 4.72 Å². The zero-order chi connectivity index (χ0) is 20.9. The van der Waals surface area contributed by atoms with E-state index in [0.717, 1.165) is 12.1 Å². The Balaban J connectivity index is 2.08. The van der Waals surface area contributed by atoms with E-state index in [1.165, 1.54) is 39.2 Å². The molecule has 0 aliphatic carbocycles. The highest BCUT2D eigenvalue weighted by Crippen LogP contribution is 2.21. The number of methoxy groups -OCH3 is 1. The zero-order valence-electron chi connectivity index (χ0n) is 15.6. The number of benzene rings is 2. The van der Waals surface area contributed by atoms with Crippen molar-refractivity contribution in [2.45, 2.75) is 31.4 Å². The molecule has 0 aliphatic rings. The number of esters is 1. The van der Waals surface area contributed by atoms with E-state index in [0.29, 0.717) is 16.9 Å². The quantitative estimate of drug-likeness (QED) is 0.531. The molecule has 0 amide bonds. The summed E-state index contributed by atoms with van der Waals surface area (Å²) >= 11 is 0. The molecule has 0 saturated heterocycles. The normalized spacial score (nSPS) is 12.3. The van der Waals surface area contributed by atoms with Gasteiger partial charge in [0, 0.05) is 11.1 Å². The molecule has 150 valence electrons. The third kappa shape index (κ3) is 5.14. The van der Waals surface area contributed by atoms with Gasteiger partial charge in [-0.1, -0.05) is 12.1 Å². The standard InChI is InChI=1S/C19H20FNO6S/c1-12(21-28(24,25)18-7-5-4-6-16(18)20)19(23)27-11-15-10-14(13(2)22)8-9-17(15)26-3/h4-10,12,21H,11H2,1-3H3/t12-/m0/s1. The van der Waals surface area contributed by atoms with E-state index in [2.05, 4.69) is 4.72 Å². The number of halogens is 1. The lowest BCUT2D eigenvalue weighted by molar-refractivity contribution is -0.146. The Morgan fingerprint density at radius 1 is 1.18 bits per heavy atom. The minimum atomic E-state index is -4.24. The summed E-state index contributed by atoms with van der Waals surface area (Å²) in [5.74, 6) is -1.55.